The maximum atomic E-state index is 11.4. The molecule has 5 nitrogen and oxygen atoms in total. The van der Waals surface area contributed by atoms with Crippen LogP contribution < -0.4 is 0 Å². The van der Waals surface area contributed by atoms with Crippen LogP contribution in [0.4, 0.5) is 4.79 Å². The molecule has 82 valence electrons. The van der Waals surface area contributed by atoms with Crippen LogP contribution in [0.25, 0.3) is 0 Å². The first-order valence-electron chi connectivity index (χ1n) is 5.23. The van der Waals surface area contributed by atoms with Gasteiger partial charge in [0, 0.05) is 11.8 Å². The number of cyclic esters (lactones) is 1. The third-order valence-corrected chi connectivity index (χ3v) is 4.05. The Hall–Kier alpha value is -1.26. The lowest BCUT2D eigenvalue weighted by Crippen LogP contribution is -2.34. The molecule has 1 N–H and O–H groups in total. The number of esters is 1. The van der Waals surface area contributed by atoms with E-state index in [1.165, 1.54) is 0 Å². The van der Waals surface area contributed by atoms with Crippen molar-refractivity contribution in [1.82, 2.24) is 0 Å². The van der Waals surface area contributed by atoms with Crippen LogP contribution in [-0.4, -0.2) is 29.9 Å². The molecule has 0 aromatic rings. The van der Waals surface area contributed by atoms with Gasteiger partial charge in [0.2, 0.25) is 0 Å². The predicted octanol–water partition coefficient (Wildman–Crippen LogP) is 0.879. The number of carbonyl (C=O) groups is 2. The van der Waals surface area contributed by atoms with Crippen molar-refractivity contribution in [1.29, 1.82) is 0 Å². The summed E-state index contributed by atoms with van der Waals surface area (Å²) in [5, 5.41) is 8.57. The fourth-order valence-electron chi connectivity index (χ4n) is 3.56. The smallest absolute Gasteiger partial charge is 0.465 e. The van der Waals surface area contributed by atoms with Crippen molar-refractivity contribution < 1.29 is 24.2 Å². The van der Waals surface area contributed by atoms with Gasteiger partial charge in [-0.1, -0.05) is 0 Å². The molecule has 5 unspecified atom stereocenters. The van der Waals surface area contributed by atoms with Crippen molar-refractivity contribution in [2.45, 2.75) is 18.9 Å². The van der Waals surface area contributed by atoms with Crippen molar-refractivity contribution in [2.24, 2.45) is 23.7 Å². The van der Waals surface area contributed by atoms with Crippen LogP contribution in [0.15, 0.2) is 0 Å². The highest BCUT2D eigenvalue weighted by atomic mass is 16.7. The van der Waals surface area contributed by atoms with Crippen molar-refractivity contribution in [2.75, 3.05) is 6.61 Å². The predicted molar refractivity (Wildman–Crippen MR) is 47.1 cm³/mol. The van der Waals surface area contributed by atoms with Gasteiger partial charge >= 0.3 is 12.1 Å². The SMILES string of the molecule is O=C(O)OC1CC2CC1C1COC(=O)C21. The molecular weight excluding hydrogens is 200 g/mol. The summed E-state index contributed by atoms with van der Waals surface area (Å²) in [4.78, 5) is 21.9. The largest absolute Gasteiger partial charge is 0.506 e. The van der Waals surface area contributed by atoms with Gasteiger partial charge in [-0.15, -0.1) is 0 Å². The second-order valence-corrected chi connectivity index (χ2v) is 4.64. The summed E-state index contributed by atoms with van der Waals surface area (Å²) in [5.74, 6) is 0.590. The fourth-order valence-corrected chi connectivity index (χ4v) is 3.56. The molecule has 1 saturated heterocycles. The Kier molecular flexibility index (Phi) is 1.72. The first-order chi connectivity index (χ1) is 7.16. The Bertz CT molecular complexity index is 326. The molecule has 0 aromatic carbocycles. The summed E-state index contributed by atoms with van der Waals surface area (Å²) in [6, 6.07) is 0. The Balaban J connectivity index is 1.77. The second kappa shape index (κ2) is 2.87. The fraction of sp³-hybridized carbons (Fsp3) is 0.800. The molecule has 5 atom stereocenters. The van der Waals surface area contributed by atoms with E-state index < -0.39 is 6.16 Å². The molecule has 0 spiro atoms. The van der Waals surface area contributed by atoms with Crippen LogP contribution in [0.1, 0.15) is 12.8 Å². The molecule has 3 aliphatic rings. The zero-order valence-electron chi connectivity index (χ0n) is 8.09. The lowest BCUT2D eigenvalue weighted by atomic mass is 9.80. The van der Waals surface area contributed by atoms with Crippen LogP contribution in [0.5, 0.6) is 0 Å². The number of hydrogen-bond donors (Lipinski definition) is 1. The van der Waals surface area contributed by atoms with Crippen molar-refractivity contribution in [3.05, 3.63) is 0 Å². The first kappa shape index (κ1) is 9.00. The number of hydrogen-bond acceptors (Lipinski definition) is 4. The van der Waals surface area contributed by atoms with Gasteiger partial charge in [-0.25, -0.2) is 4.79 Å². The van der Waals surface area contributed by atoms with Crippen molar-refractivity contribution >= 4 is 12.1 Å². The molecule has 3 rings (SSSR count). The molecule has 0 radical (unpaired) electrons. The van der Waals surface area contributed by atoms with E-state index >= 15 is 0 Å². The molecule has 2 aliphatic carbocycles. The zero-order valence-corrected chi connectivity index (χ0v) is 8.09. The van der Waals surface area contributed by atoms with Gasteiger partial charge in [0.25, 0.3) is 0 Å². The molecule has 0 amide bonds. The number of ether oxygens (including phenoxy) is 2. The minimum Gasteiger partial charge on any atom is -0.465 e. The van der Waals surface area contributed by atoms with Crippen LogP contribution in [0.2, 0.25) is 0 Å². The highest BCUT2D eigenvalue weighted by Gasteiger charge is 2.60. The highest BCUT2D eigenvalue weighted by molar-refractivity contribution is 5.76. The second-order valence-electron chi connectivity index (χ2n) is 4.64. The summed E-state index contributed by atoms with van der Waals surface area (Å²) < 4.78 is 9.85. The van der Waals surface area contributed by atoms with E-state index in [2.05, 4.69) is 0 Å². The molecule has 1 heterocycles. The average molecular weight is 212 g/mol. The number of carbonyl (C=O) groups excluding carboxylic acids is 1. The van der Waals surface area contributed by atoms with Crippen molar-refractivity contribution in [3.63, 3.8) is 0 Å². The third kappa shape index (κ3) is 1.15. The van der Waals surface area contributed by atoms with E-state index in [0.29, 0.717) is 13.0 Å². The van der Waals surface area contributed by atoms with E-state index in [4.69, 9.17) is 14.6 Å². The lowest BCUT2D eigenvalue weighted by Gasteiger charge is -2.27. The Morgan fingerprint density at radius 1 is 1.40 bits per heavy atom. The third-order valence-electron chi connectivity index (χ3n) is 4.05. The molecule has 2 saturated carbocycles. The minimum atomic E-state index is -1.21. The van der Waals surface area contributed by atoms with Crippen LogP contribution in [0, 0.1) is 23.7 Å². The van der Waals surface area contributed by atoms with E-state index in [1.807, 2.05) is 0 Å². The van der Waals surface area contributed by atoms with Crippen molar-refractivity contribution in [3.8, 4) is 0 Å². The quantitative estimate of drug-likeness (QED) is 0.653. The van der Waals surface area contributed by atoms with E-state index in [-0.39, 0.29) is 35.7 Å². The van der Waals surface area contributed by atoms with E-state index in [1.54, 1.807) is 0 Å². The Morgan fingerprint density at radius 3 is 2.93 bits per heavy atom. The van der Waals surface area contributed by atoms with Gasteiger partial charge in [0.1, 0.15) is 6.10 Å². The molecule has 1 aliphatic heterocycles. The number of fused-ring (bicyclic) bond motifs is 5. The van der Waals surface area contributed by atoms with Gasteiger partial charge in [-0.3, -0.25) is 4.79 Å². The molecular formula is C10H12O5. The zero-order chi connectivity index (χ0) is 10.6. The molecule has 2 bridgehead atoms. The highest BCUT2D eigenvalue weighted by Crippen LogP contribution is 2.55. The van der Waals surface area contributed by atoms with E-state index in [0.717, 1.165) is 6.42 Å². The van der Waals surface area contributed by atoms with Gasteiger partial charge in [-0.05, 0) is 18.8 Å². The van der Waals surface area contributed by atoms with Crippen LogP contribution >= 0.6 is 0 Å². The molecule has 3 fully saturated rings. The molecule has 15 heavy (non-hydrogen) atoms. The molecule has 0 aromatic heterocycles. The summed E-state index contributed by atoms with van der Waals surface area (Å²) in [6.45, 7) is 0.449. The topological polar surface area (TPSA) is 72.8 Å². The monoisotopic (exact) mass is 212 g/mol. The Labute approximate surface area is 86.4 Å². The summed E-state index contributed by atoms with van der Waals surface area (Å²) in [5.41, 5.74) is 0. The van der Waals surface area contributed by atoms with Crippen LogP contribution in [-0.2, 0) is 14.3 Å². The minimum absolute atomic E-state index is 0.0173. The number of carboxylic acid groups (broad SMARTS) is 1. The normalized spacial score (nSPS) is 46.4. The van der Waals surface area contributed by atoms with Gasteiger partial charge in [-0.2, -0.15) is 0 Å². The maximum absolute atomic E-state index is 11.4. The first-order valence-corrected chi connectivity index (χ1v) is 5.23. The standard InChI is InChI=1S/C10H12O5/c11-9-8-4-1-5(6(8)3-14-9)7(2-4)15-10(12)13/h4-8H,1-3H2,(H,12,13). The molecule has 5 heteroatoms. The van der Waals surface area contributed by atoms with E-state index in [9.17, 15) is 9.59 Å². The number of rotatable bonds is 1. The maximum Gasteiger partial charge on any atom is 0.506 e. The average Bonchev–Trinajstić information content (AvgIpc) is 2.76. The van der Waals surface area contributed by atoms with Gasteiger partial charge < -0.3 is 14.6 Å². The summed E-state index contributed by atoms with van der Waals surface area (Å²) in [7, 11) is 0. The van der Waals surface area contributed by atoms with Gasteiger partial charge in [0.05, 0.1) is 12.5 Å². The summed E-state index contributed by atoms with van der Waals surface area (Å²) >= 11 is 0. The Morgan fingerprint density at radius 2 is 2.20 bits per heavy atom. The summed E-state index contributed by atoms with van der Waals surface area (Å²) in [6.07, 6.45) is 0.174. The van der Waals surface area contributed by atoms with Gasteiger partial charge in [0.15, 0.2) is 0 Å². The van der Waals surface area contributed by atoms with Crippen LogP contribution in [0.3, 0.4) is 0 Å². The lowest BCUT2D eigenvalue weighted by molar-refractivity contribution is -0.142.